The largest absolute Gasteiger partial charge is 0.493 e. The van der Waals surface area contributed by atoms with Crippen molar-refractivity contribution in [1.29, 1.82) is 0 Å². The van der Waals surface area contributed by atoms with Gasteiger partial charge in [-0.3, -0.25) is 0 Å². The summed E-state index contributed by atoms with van der Waals surface area (Å²) < 4.78 is 5.71. The summed E-state index contributed by atoms with van der Waals surface area (Å²) in [4.78, 5) is 0. The molecule has 0 aromatic heterocycles. The highest BCUT2D eigenvalue weighted by Gasteiger charge is 2.02. The predicted octanol–water partition coefficient (Wildman–Crippen LogP) is 3.75. The zero-order chi connectivity index (χ0) is 10.4. The number of para-hydroxylation sites is 1. The first-order valence-electron chi connectivity index (χ1n) is 5.12. The van der Waals surface area contributed by atoms with Gasteiger partial charge in [-0.2, -0.15) is 0 Å². The average molecular weight is 190 g/mol. The van der Waals surface area contributed by atoms with E-state index in [0.717, 1.165) is 24.3 Å². The molecule has 0 aliphatic heterocycles. The lowest BCUT2D eigenvalue weighted by atomic mass is 10.1. The first-order chi connectivity index (χ1) is 6.77. The summed E-state index contributed by atoms with van der Waals surface area (Å²) in [5.41, 5.74) is 1.07. The maximum Gasteiger partial charge on any atom is 0.126 e. The fraction of sp³-hybridized carbons (Fsp3) is 0.385. The summed E-state index contributed by atoms with van der Waals surface area (Å²) in [6, 6.07) is 7.98. The molecule has 1 nitrogen and oxygen atoms in total. The molecule has 1 aromatic carbocycles. The third kappa shape index (κ3) is 2.91. The van der Waals surface area contributed by atoms with Gasteiger partial charge < -0.3 is 4.74 Å². The van der Waals surface area contributed by atoms with Gasteiger partial charge in [-0.05, 0) is 12.0 Å². The van der Waals surface area contributed by atoms with Gasteiger partial charge in [-0.15, -0.1) is 0 Å². The lowest BCUT2D eigenvalue weighted by Crippen LogP contribution is -2.07. The van der Waals surface area contributed by atoms with Crippen molar-refractivity contribution in [3.05, 3.63) is 36.4 Å². The normalized spacial score (nSPS) is 12.1. The summed E-state index contributed by atoms with van der Waals surface area (Å²) in [6.07, 6.45) is 2.97. The molecular formula is C13H18O. The monoisotopic (exact) mass is 190 g/mol. The third-order valence-electron chi connectivity index (χ3n) is 2.36. The standard InChI is InChI=1S/C13H18O/c1-4-11(3)10-14-13-9-7-6-8-12(13)5-2/h5-9,11H,2,4,10H2,1,3H3. The fourth-order valence-corrected chi connectivity index (χ4v) is 1.13. The van der Waals surface area contributed by atoms with E-state index < -0.39 is 0 Å². The molecule has 1 rings (SSSR count). The second-order valence-corrected chi connectivity index (χ2v) is 3.57. The van der Waals surface area contributed by atoms with Crippen molar-refractivity contribution < 1.29 is 4.74 Å². The highest BCUT2D eigenvalue weighted by atomic mass is 16.5. The Morgan fingerprint density at radius 2 is 2.14 bits per heavy atom. The lowest BCUT2D eigenvalue weighted by Gasteiger charge is -2.12. The first kappa shape index (κ1) is 10.8. The van der Waals surface area contributed by atoms with Crippen LogP contribution in [0.4, 0.5) is 0 Å². The smallest absolute Gasteiger partial charge is 0.126 e. The quantitative estimate of drug-likeness (QED) is 0.687. The minimum atomic E-state index is 0.605. The van der Waals surface area contributed by atoms with Crippen molar-refractivity contribution in [2.45, 2.75) is 20.3 Å². The van der Waals surface area contributed by atoms with Gasteiger partial charge in [0, 0.05) is 5.56 Å². The molecule has 76 valence electrons. The van der Waals surface area contributed by atoms with Gasteiger partial charge >= 0.3 is 0 Å². The van der Waals surface area contributed by atoms with Gasteiger partial charge in [-0.1, -0.05) is 51.1 Å². The summed E-state index contributed by atoms with van der Waals surface area (Å²) in [7, 11) is 0. The van der Waals surface area contributed by atoms with Crippen LogP contribution in [0.5, 0.6) is 5.75 Å². The minimum absolute atomic E-state index is 0.605. The molecule has 0 aliphatic rings. The summed E-state index contributed by atoms with van der Waals surface area (Å²) >= 11 is 0. The Morgan fingerprint density at radius 3 is 2.79 bits per heavy atom. The second-order valence-electron chi connectivity index (χ2n) is 3.57. The van der Waals surface area contributed by atoms with E-state index >= 15 is 0 Å². The number of benzene rings is 1. The highest BCUT2D eigenvalue weighted by molar-refractivity contribution is 5.55. The van der Waals surface area contributed by atoms with Gasteiger partial charge in [0.1, 0.15) is 5.75 Å². The summed E-state index contributed by atoms with van der Waals surface area (Å²) in [6.45, 7) is 8.90. The molecule has 1 unspecified atom stereocenters. The van der Waals surface area contributed by atoms with E-state index in [2.05, 4.69) is 20.4 Å². The molecule has 14 heavy (non-hydrogen) atoms. The molecule has 1 aromatic rings. The van der Waals surface area contributed by atoms with Gasteiger partial charge in [0.25, 0.3) is 0 Å². The van der Waals surface area contributed by atoms with E-state index in [9.17, 15) is 0 Å². The van der Waals surface area contributed by atoms with Gasteiger partial charge in [0.2, 0.25) is 0 Å². The van der Waals surface area contributed by atoms with Crippen molar-refractivity contribution in [2.24, 2.45) is 5.92 Å². The zero-order valence-corrected chi connectivity index (χ0v) is 8.99. The number of hydrogen-bond donors (Lipinski definition) is 0. The lowest BCUT2D eigenvalue weighted by molar-refractivity contribution is 0.256. The van der Waals surface area contributed by atoms with Crippen molar-refractivity contribution in [3.8, 4) is 5.75 Å². The molecule has 0 radical (unpaired) electrons. The van der Waals surface area contributed by atoms with Crippen LogP contribution >= 0.6 is 0 Å². The van der Waals surface area contributed by atoms with Crippen molar-refractivity contribution >= 4 is 6.08 Å². The van der Waals surface area contributed by atoms with E-state index in [0.29, 0.717) is 5.92 Å². The highest BCUT2D eigenvalue weighted by Crippen LogP contribution is 2.19. The SMILES string of the molecule is C=Cc1ccccc1OCC(C)CC. The van der Waals surface area contributed by atoms with E-state index in [1.807, 2.05) is 30.3 Å². The number of hydrogen-bond acceptors (Lipinski definition) is 1. The molecule has 0 bridgehead atoms. The molecule has 0 saturated carbocycles. The summed E-state index contributed by atoms with van der Waals surface area (Å²) in [5, 5.41) is 0. The molecule has 1 heteroatoms. The van der Waals surface area contributed by atoms with Gasteiger partial charge in [0.15, 0.2) is 0 Å². The second kappa shape index (κ2) is 5.48. The zero-order valence-electron chi connectivity index (χ0n) is 8.99. The van der Waals surface area contributed by atoms with Crippen LogP contribution in [-0.2, 0) is 0 Å². The Hall–Kier alpha value is -1.24. The van der Waals surface area contributed by atoms with Crippen LogP contribution in [0.2, 0.25) is 0 Å². The Balaban J connectivity index is 2.61. The molecule has 0 saturated heterocycles. The molecular weight excluding hydrogens is 172 g/mol. The topological polar surface area (TPSA) is 9.23 Å². The molecule has 0 amide bonds. The van der Waals surface area contributed by atoms with E-state index in [4.69, 9.17) is 4.74 Å². The van der Waals surface area contributed by atoms with Gasteiger partial charge in [0.05, 0.1) is 6.61 Å². The summed E-state index contributed by atoms with van der Waals surface area (Å²) in [5.74, 6) is 1.54. The molecule has 1 atom stereocenters. The molecule has 0 spiro atoms. The Bertz CT molecular complexity index is 291. The third-order valence-corrected chi connectivity index (χ3v) is 2.36. The van der Waals surface area contributed by atoms with Crippen LogP contribution < -0.4 is 4.74 Å². The minimum Gasteiger partial charge on any atom is -0.493 e. The maximum absolute atomic E-state index is 5.71. The van der Waals surface area contributed by atoms with E-state index in [1.54, 1.807) is 0 Å². The number of rotatable bonds is 5. The van der Waals surface area contributed by atoms with Gasteiger partial charge in [-0.25, -0.2) is 0 Å². The molecule has 0 fully saturated rings. The van der Waals surface area contributed by atoms with Crippen LogP contribution in [0.15, 0.2) is 30.8 Å². The molecule has 0 heterocycles. The molecule has 0 aliphatic carbocycles. The van der Waals surface area contributed by atoms with E-state index in [-0.39, 0.29) is 0 Å². The predicted molar refractivity (Wildman–Crippen MR) is 61.5 cm³/mol. The van der Waals surface area contributed by atoms with Crippen LogP contribution in [0.25, 0.3) is 6.08 Å². The fourth-order valence-electron chi connectivity index (χ4n) is 1.13. The average Bonchev–Trinajstić information content (AvgIpc) is 2.26. The van der Waals surface area contributed by atoms with Crippen LogP contribution in [0.3, 0.4) is 0 Å². The van der Waals surface area contributed by atoms with Crippen LogP contribution in [0.1, 0.15) is 25.8 Å². The van der Waals surface area contributed by atoms with E-state index in [1.165, 1.54) is 0 Å². The molecule has 0 N–H and O–H groups in total. The number of ether oxygens (including phenoxy) is 1. The van der Waals surface area contributed by atoms with Crippen LogP contribution in [0, 0.1) is 5.92 Å². The Morgan fingerprint density at radius 1 is 1.43 bits per heavy atom. The van der Waals surface area contributed by atoms with Crippen LogP contribution in [-0.4, -0.2) is 6.61 Å². The van der Waals surface area contributed by atoms with Crippen molar-refractivity contribution in [2.75, 3.05) is 6.61 Å². The maximum atomic E-state index is 5.71. The van der Waals surface area contributed by atoms with Crippen molar-refractivity contribution in [1.82, 2.24) is 0 Å². The first-order valence-corrected chi connectivity index (χ1v) is 5.12. The Labute approximate surface area is 86.4 Å². The van der Waals surface area contributed by atoms with Crippen molar-refractivity contribution in [3.63, 3.8) is 0 Å². The Kier molecular flexibility index (Phi) is 4.24.